The number of aromatic nitrogens is 2. The van der Waals surface area contributed by atoms with Crippen LogP contribution in [-0.2, 0) is 24.9 Å². The van der Waals surface area contributed by atoms with Crippen molar-refractivity contribution in [2.45, 2.75) is 39.3 Å². The van der Waals surface area contributed by atoms with E-state index < -0.39 is 0 Å². The van der Waals surface area contributed by atoms with E-state index in [9.17, 15) is 18.8 Å². The molecule has 0 spiro atoms. The van der Waals surface area contributed by atoms with Gasteiger partial charge in [0.15, 0.2) is 0 Å². The molecule has 1 aromatic heterocycles. The zero-order valence-corrected chi connectivity index (χ0v) is 16.9. The molecule has 1 N–H and O–H groups in total. The lowest BCUT2D eigenvalue weighted by Gasteiger charge is -2.35. The summed E-state index contributed by atoms with van der Waals surface area (Å²) in [6.45, 7) is 3.87. The van der Waals surface area contributed by atoms with E-state index in [-0.39, 0.29) is 35.4 Å². The van der Waals surface area contributed by atoms with Crippen molar-refractivity contribution in [1.82, 2.24) is 14.5 Å². The first-order valence-electron chi connectivity index (χ1n) is 9.98. The van der Waals surface area contributed by atoms with Gasteiger partial charge in [-0.2, -0.15) is 0 Å². The molecule has 0 aliphatic carbocycles. The highest BCUT2D eigenvalue weighted by Gasteiger charge is 2.27. The Balaban J connectivity index is 1.74. The molecule has 1 aliphatic rings. The number of amides is 1. The highest BCUT2D eigenvalue weighted by Crippen LogP contribution is 2.22. The van der Waals surface area contributed by atoms with E-state index in [2.05, 4.69) is 5.32 Å². The lowest BCUT2D eigenvalue weighted by molar-refractivity contribution is -0.125. The van der Waals surface area contributed by atoms with Gasteiger partial charge in [-0.1, -0.05) is 19.1 Å². The minimum Gasteiger partial charge on any atom is -0.357 e. The summed E-state index contributed by atoms with van der Waals surface area (Å²) >= 11 is 0. The topological polar surface area (TPSA) is 76.3 Å². The third-order valence-corrected chi connectivity index (χ3v) is 5.30. The number of carbonyl (C=O) groups excluding carboxylic acids is 1. The van der Waals surface area contributed by atoms with Gasteiger partial charge in [0.1, 0.15) is 11.6 Å². The van der Waals surface area contributed by atoms with E-state index in [0.717, 1.165) is 23.8 Å². The Morgan fingerprint density at radius 2 is 2.07 bits per heavy atom. The Morgan fingerprint density at radius 3 is 2.79 bits per heavy atom. The molecule has 29 heavy (non-hydrogen) atoms. The number of halogens is 1. The van der Waals surface area contributed by atoms with Crippen LogP contribution in [0, 0.1) is 11.7 Å². The molecule has 2 aromatic rings. The molecule has 1 amide bonds. The fraction of sp³-hybridized carbons (Fsp3) is 0.476. The molecule has 1 atom stereocenters. The van der Waals surface area contributed by atoms with Crippen molar-refractivity contribution < 1.29 is 9.18 Å². The summed E-state index contributed by atoms with van der Waals surface area (Å²) in [5, 5.41) is 2.87. The maximum absolute atomic E-state index is 13.3. The molecule has 156 valence electrons. The first-order valence-corrected chi connectivity index (χ1v) is 9.98. The maximum Gasteiger partial charge on any atom is 0.332 e. The Hall–Kier alpha value is -2.90. The summed E-state index contributed by atoms with van der Waals surface area (Å²) in [6.07, 6.45) is 2.28. The van der Waals surface area contributed by atoms with Crippen molar-refractivity contribution >= 4 is 11.7 Å². The summed E-state index contributed by atoms with van der Waals surface area (Å²) in [5.74, 6) is -0.124. The summed E-state index contributed by atoms with van der Waals surface area (Å²) in [6, 6.07) is 7.62. The third kappa shape index (κ3) is 4.75. The second-order valence-electron chi connectivity index (χ2n) is 7.47. The van der Waals surface area contributed by atoms with Crippen LogP contribution in [0.2, 0.25) is 0 Å². The highest BCUT2D eigenvalue weighted by atomic mass is 19.1. The van der Waals surface area contributed by atoms with E-state index in [1.54, 1.807) is 16.7 Å². The SMILES string of the molecule is CCCn1c(N2CCCC(C(=O)NCc3cccc(F)c3)C2)cc(=O)n(C)c1=O. The van der Waals surface area contributed by atoms with Gasteiger partial charge < -0.3 is 10.2 Å². The number of anilines is 1. The zero-order valence-electron chi connectivity index (χ0n) is 16.9. The molecule has 1 aromatic carbocycles. The quantitative estimate of drug-likeness (QED) is 0.797. The molecule has 1 aliphatic heterocycles. The molecule has 8 heteroatoms. The lowest BCUT2D eigenvalue weighted by atomic mass is 9.97. The number of piperidine rings is 1. The van der Waals surface area contributed by atoms with Gasteiger partial charge in [-0.15, -0.1) is 0 Å². The Kier molecular flexibility index (Phi) is 6.51. The average molecular weight is 402 g/mol. The van der Waals surface area contributed by atoms with Crippen molar-refractivity contribution in [3.8, 4) is 0 Å². The van der Waals surface area contributed by atoms with Gasteiger partial charge in [0, 0.05) is 39.3 Å². The van der Waals surface area contributed by atoms with Crippen LogP contribution in [-0.4, -0.2) is 28.1 Å². The standard InChI is InChI=1S/C21H27FN4O3/c1-3-9-26-18(12-19(27)24(2)21(26)29)25-10-5-7-16(14-25)20(28)23-13-15-6-4-8-17(22)11-15/h4,6,8,11-12,16H,3,5,7,9-10,13-14H2,1-2H3,(H,23,28). The smallest absolute Gasteiger partial charge is 0.332 e. The van der Waals surface area contributed by atoms with Crippen molar-refractivity contribution in [3.63, 3.8) is 0 Å². The molecular weight excluding hydrogens is 375 g/mol. The third-order valence-electron chi connectivity index (χ3n) is 5.30. The van der Waals surface area contributed by atoms with Crippen molar-refractivity contribution in [2.75, 3.05) is 18.0 Å². The number of nitrogens with zero attached hydrogens (tertiary/aromatic N) is 3. The predicted octanol–water partition coefficient (Wildman–Crippen LogP) is 1.63. The number of rotatable bonds is 6. The average Bonchev–Trinajstić information content (AvgIpc) is 2.72. The van der Waals surface area contributed by atoms with Crippen molar-refractivity contribution in [1.29, 1.82) is 0 Å². The molecule has 1 unspecified atom stereocenters. The summed E-state index contributed by atoms with van der Waals surface area (Å²) < 4.78 is 16.0. The van der Waals surface area contributed by atoms with E-state index >= 15 is 0 Å². The molecule has 0 saturated carbocycles. The highest BCUT2D eigenvalue weighted by molar-refractivity contribution is 5.79. The van der Waals surface area contributed by atoms with Gasteiger partial charge in [-0.25, -0.2) is 9.18 Å². The molecule has 1 fully saturated rings. The second-order valence-corrected chi connectivity index (χ2v) is 7.47. The van der Waals surface area contributed by atoms with Crippen molar-refractivity contribution in [2.24, 2.45) is 13.0 Å². The van der Waals surface area contributed by atoms with Crippen LogP contribution in [0.15, 0.2) is 39.9 Å². The number of benzene rings is 1. The van der Waals surface area contributed by atoms with Crippen LogP contribution >= 0.6 is 0 Å². The minimum atomic E-state index is -0.352. The number of nitrogens with one attached hydrogen (secondary N) is 1. The van der Waals surface area contributed by atoms with Crippen LogP contribution < -0.4 is 21.5 Å². The van der Waals surface area contributed by atoms with Gasteiger partial charge in [0.05, 0.1) is 5.92 Å². The van der Waals surface area contributed by atoms with E-state index in [4.69, 9.17) is 0 Å². The maximum atomic E-state index is 13.3. The molecule has 3 rings (SSSR count). The predicted molar refractivity (Wildman–Crippen MR) is 109 cm³/mol. The number of carbonyl (C=O) groups is 1. The molecule has 0 radical (unpaired) electrons. The summed E-state index contributed by atoms with van der Waals surface area (Å²) in [5.41, 5.74) is 0.0106. The Labute approximate surface area is 168 Å². The largest absolute Gasteiger partial charge is 0.357 e. The summed E-state index contributed by atoms with van der Waals surface area (Å²) in [4.78, 5) is 39.3. The van der Waals surface area contributed by atoms with Gasteiger partial charge in [-0.05, 0) is 37.0 Å². The molecule has 7 nitrogen and oxygen atoms in total. The van der Waals surface area contributed by atoms with Crippen LogP contribution in [0.5, 0.6) is 0 Å². The van der Waals surface area contributed by atoms with E-state index in [0.29, 0.717) is 31.0 Å². The van der Waals surface area contributed by atoms with Crippen LogP contribution in [0.4, 0.5) is 10.2 Å². The van der Waals surface area contributed by atoms with Gasteiger partial charge in [0.2, 0.25) is 5.91 Å². The van der Waals surface area contributed by atoms with E-state index in [1.165, 1.54) is 25.2 Å². The Morgan fingerprint density at radius 1 is 1.28 bits per heavy atom. The normalized spacial score (nSPS) is 16.7. The molecule has 2 heterocycles. The minimum absolute atomic E-state index is 0.104. The van der Waals surface area contributed by atoms with Crippen LogP contribution in [0.25, 0.3) is 0 Å². The lowest BCUT2D eigenvalue weighted by Crippen LogP contribution is -2.47. The fourth-order valence-corrected chi connectivity index (χ4v) is 3.73. The van der Waals surface area contributed by atoms with Gasteiger partial charge in [-0.3, -0.25) is 18.7 Å². The second kappa shape index (κ2) is 9.07. The van der Waals surface area contributed by atoms with Gasteiger partial charge >= 0.3 is 5.69 Å². The number of hydrogen-bond donors (Lipinski definition) is 1. The number of hydrogen-bond acceptors (Lipinski definition) is 4. The first kappa shape index (κ1) is 20.8. The Bertz CT molecular complexity index is 998. The zero-order chi connectivity index (χ0) is 21.0. The monoisotopic (exact) mass is 402 g/mol. The first-order chi connectivity index (χ1) is 13.9. The fourth-order valence-electron chi connectivity index (χ4n) is 3.73. The van der Waals surface area contributed by atoms with E-state index in [1.807, 2.05) is 11.8 Å². The van der Waals surface area contributed by atoms with Crippen LogP contribution in [0.3, 0.4) is 0 Å². The summed E-state index contributed by atoms with van der Waals surface area (Å²) in [7, 11) is 1.47. The van der Waals surface area contributed by atoms with Gasteiger partial charge in [0.25, 0.3) is 5.56 Å². The molecular formula is C21H27FN4O3. The van der Waals surface area contributed by atoms with Crippen LogP contribution in [0.1, 0.15) is 31.7 Å². The molecule has 0 bridgehead atoms. The molecule has 1 saturated heterocycles. The van der Waals surface area contributed by atoms with Crippen molar-refractivity contribution in [3.05, 3.63) is 62.6 Å².